The molecule has 0 atom stereocenters. The highest BCUT2D eigenvalue weighted by molar-refractivity contribution is 9.10. The van der Waals surface area contributed by atoms with E-state index in [2.05, 4.69) is 27.8 Å². The van der Waals surface area contributed by atoms with Crippen molar-refractivity contribution in [3.8, 4) is 5.75 Å². The fraction of sp³-hybridized carbons (Fsp3) is 0.385. The van der Waals surface area contributed by atoms with Crippen molar-refractivity contribution in [2.24, 2.45) is 0 Å². The third-order valence-electron chi connectivity index (χ3n) is 2.45. The van der Waals surface area contributed by atoms with Crippen LogP contribution in [0.5, 0.6) is 5.75 Å². The normalized spacial score (nSPS) is 10.2. The van der Waals surface area contributed by atoms with Crippen LogP contribution in [0.15, 0.2) is 29.3 Å². The Kier molecular flexibility index (Phi) is 5.56. The number of halogens is 1. The van der Waals surface area contributed by atoms with Gasteiger partial charge in [0.05, 0.1) is 7.11 Å². The zero-order chi connectivity index (χ0) is 12.0. The Hall–Kier alpha value is -0.800. The number of rotatable bonds is 6. The van der Waals surface area contributed by atoms with Gasteiger partial charge < -0.3 is 10.1 Å². The van der Waals surface area contributed by atoms with Gasteiger partial charge in [0.1, 0.15) is 5.75 Å². The van der Waals surface area contributed by atoms with Crippen molar-refractivity contribution in [1.82, 2.24) is 5.32 Å². The second kappa shape index (κ2) is 6.71. The molecule has 1 aromatic carbocycles. The van der Waals surface area contributed by atoms with Crippen LogP contribution in [-0.2, 0) is 0 Å². The number of hydrogen-bond acceptors (Lipinski definition) is 2. The van der Waals surface area contributed by atoms with E-state index in [1.807, 2.05) is 25.2 Å². The van der Waals surface area contributed by atoms with Crippen LogP contribution in [0.25, 0.3) is 5.57 Å². The number of ether oxygens (including phenoxy) is 1. The molecule has 0 aliphatic rings. The average molecular weight is 284 g/mol. The minimum Gasteiger partial charge on any atom is -0.496 e. The zero-order valence-electron chi connectivity index (χ0n) is 9.85. The molecule has 0 heterocycles. The van der Waals surface area contributed by atoms with Crippen LogP contribution in [0.1, 0.15) is 18.4 Å². The Morgan fingerprint density at radius 2 is 2.25 bits per heavy atom. The molecular formula is C13H18BrNO. The first-order chi connectivity index (χ1) is 7.69. The van der Waals surface area contributed by atoms with Gasteiger partial charge in [0.2, 0.25) is 0 Å². The van der Waals surface area contributed by atoms with E-state index in [1.54, 1.807) is 7.11 Å². The molecule has 88 valence electrons. The Bertz CT molecular complexity index is 363. The molecule has 2 nitrogen and oxygen atoms in total. The first-order valence-corrected chi connectivity index (χ1v) is 6.14. The molecule has 0 radical (unpaired) electrons. The van der Waals surface area contributed by atoms with Gasteiger partial charge in [-0.2, -0.15) is 0 Å². The predicted molar refractivity (Wildman–Crippen MR) is 72.9 cm³/mol. The molecule has 3 heteroatoms. The minimum absolute atomic E-state index is 0.879. The lowest BCUT2D eigenvalue weighted by Crippen LogP contribution is -2.07. The molecule has 0 aliphatic heterocycles. The van der Waals surface area contributed by atoms with Crippen molar-refractivity contribution in [2.45, 2.75) is 12.8 Å². The number of hydrogen-bond donors (Lipinski definition) is 1. The van der Waals surface area contributed by atoms with Crippen LogP contribution < -0.4 is 10.1 Å². The molecule has 0 aliphatic carbocycles. The monoisotopic (exact) mass is 283 g/mol. The van der Waals surface area contributed by atoms with Gasteiger partial charge in [-0.15, -0.1) is 0 Å². The number of nitrogens with one attached hydrogen (secondary N) is 1. The van der Waals surface area contributed by atoms with Crippen molar-refractivity contribution in [1.29, 1.82) is 0 Å². The maximum atomic E-state index is 5.35. The fourth-order valence-electron chi connectivity index (χ4n) is 1.57. The van der Waals surface area contributed by atoms with Gasteiger partial charge in [-0.1, -0.05) is 22.5 Å². The summed E-state index contributed by atoms with van der Waals surface area (Å²) in [6.45, 7) is 5.12. The molecular weight excluding hydrogens is 266 g/mol. The van der Waals surface area contributed by atoms with E-state index >= 15 is 0 Å². The SMILES string of the molecule is C=C(CCCNC)c1ccc(Br)cc1OC. The Balaban J connectivity index is 2.74. The third-order valence-corrected chi connectivity index (χ3v) is 2.94. The molecule has 0 aromatic heterocycles. The van der Waals surface area contributed by atoms with E-state index in [0.717, 1.165) is 40.7 Å². The summed E-state index contributed by atoms with van der Waals surface area (Å²) in [5.41, 5.74) is 2.22. The molecule has 1 rings (SSSR count). The van der Waals surface area contributed by atoms with E-state index in [1.165, 1.54) is 0 Å². The smallest absolute Gasteiger partial charge is 0.127 e. The first-order valence-electron chi connectivity index (χ1n) is 5.35. The molecule has 0 unspecified atom stereocenters. The van der Waals surface area contributed by atoms with Gasteiger partial charge in [-0.05, 0) is 50.2 Å². The summed E-state index contributed by atoms with van der Waals surface area (Å²) in [6.07, 6.45) is 2.08. The quantitative estimate of drug-likeness (QED) is 0.808. The summed E-state index contributed by atoms with van der Waals surface area (Å²) >= 11 is 3.43. The van der Waals surface area contributed by atoms with Crippen molar-refractivity contribution >= 4 is 21.5 Å². The van der Waals surface area contributed by atoms with E-state index in [4.69, 9.17) is 4.74 Å². The van der Waals surface area contributed by atoms with Crippen molar-refractivity contribution in [3.05, 3.63) is 34.8 Å². The molecule has 1 aromatic rings. The fourth-order valence-corrected chi connectivity index (χ4v) is 1.91. The molecule has 1 N–H and O–H groups in total. The number of benzene rings is 1. The van der Waals surface area contributed by atoms with Gasteiger partial charge in [0, 0.05) is 10.0 Å². The van der Waals surface area contributed by atoms with Gasteiger partial charge in [-0.25, -0.2) is 0 Å². The maximum absolute atomic E-state index is 5.35. The van der Waals surface area contributed by atoms with Crippen LogP contribution in [0.2, 0.25) is 0 Å². The second-order valence-electron chi connectivity index (χ2n) is 3.66. The summed E-state index contributed by atoms with van der Waals surface area (Å²) in [7, 11) is 3.65. The van der Waals surface area contributed by atoms with Gasteiger partial charge >= 0.3 is 0 Å². The summed E-state index contributed by atoms with van der Waals surface area (Å²) in [5.74, 6) is 0.879. The lowest BCUT2D eigenvalue weighted by Gasteiger charge is -2.11. The van der Waals surface area contributed by atoms with Crippen LogP contribution in [0, 0.1) is 0 Å². The zero-order valence-corrected chi connectivity index (χ0v) is 11.4. The van der Waals surface area contributed by atoms with Crippen LogP contribution in [0.3, 0.4) is 0 Å². The van der Waals surface area contributed by atoms with Crippen LogP contribution >= 0.6 is 15.9 Å². The summed E-state index contributed by atoms with van der Waals surface area (Å²) in [5, 5.41) is 3.13. The lowest BCUT2D eigenvalue weighted by molar-refractivity contribution is 0.413. The van der Waals surface area contributed by atoms with E-state index < -0.39 is 0 Å². The molecule has 0 saturated heterocycles. The van der Waals surface area contributed by atoms with E-state index in [9.17, 15) is 0 Å². The van der Waals surface area contributed by atoms with Crippen LogP contribution in [-0.4, -0.2) is 20.7 Å². The topological polar surface area (TPSA) is 21.3 Å². The van der Waals surface area contributed by atoms with Gasteiger partial charge in [-0.3, -0.25) is 0 Å². The standard InChI is InChI=1S/C13H18BrNO/c1-10(5-4-8-15-2)12-7-6-11(14)9-13(12)16-3/h6-7,9,15H,1,4-5,8H2,2-3H3. The molecule has 0 spiro atoms. The largest absolute Gasteiger partial charge is 0.496 e. The molecule has 0 saturated carbocycles. The summed E-state index contributed by atoms with van der Waals surface area (Å²) < 4.78 is 6.37. The number of methoxy groups -OCH3 is 1. The molecule has 0 fully saturated rings. The second-order valence-corrected chi connectivity index (χ2v) is 4.57. The van der Waals surface area contributed by atoms with E-state index in [-0.39, 0.29) is 0 Å². The molecule has 16 heavy (non-hydrogen) atoms. The third kappa shape index (κ3) is 3.65. The van der Waals surface area contributed by atoms with Crippen molar-refractivity contribution in [3.63, 3.8) is 0 Å². The average Bonchev–Trinajstić information content (AvgIpc) is 2.29. The molecule has 0 bridgehead atoms. The lowest BCUT2D eigenvalue weighted by atomic mass is 10.0. The maximum Gasteiger partial charge on any atom is 0.127 e. The van der Waals surface area contributed by atoms with Crippen LogP contribution in [0.4, 0.5) is 0 Å². The Morgan fingerprint density at radius 1 is 1.50 bits per heavy atom. The Labute approximate surface area is 106 Å². The van der Waals surface area contributed by atoms with Crippen molar-refractivity contribution < 1.29 is 4.74 Å². The summed E-state index contributed by atoms with van der Waals surface area (Å²) in [4.78, 5) is 0. The highest BCUT2D eigenvalue weighted by atomic mass is 79.9. The van der Waals surface area contributed by atoms with Gasteiger partial charge in [0.25, 0.3) is 0 Å². The Morgan fingerprint density at radius 3 is 2.88 bits per heavy atom. The van der Waals surface area contributed by atoms with Gasteiger partial charge in [0.15, 0.2) is 0 Å². The minimum atomic E-state index is 0.879. The highest BCUT2D eigenvalue weighted by Gasteiger charge is 2.06. The first kappa shape index (κ1) is 13.3. The highest BCUT2D eigenvalue weighted by Crippen LogP contribution is 2.30. The molecule has 0 amide bonds. The number of allylic oxidation sites excluding steroid dienone is 1. The summed E-state index contributed by atoms with van der Waals surface area (Å²) in [6, 6.07) is 6.03. The van der Waals surface area contributed by atoms with Crippen molar-refractivity contribution in [2.75, 3.05) is 20.7 Å². The van der Waals surface area contributed by atoms with E-state index in [0.29, 0.717) is 0 Å². The predicted octanol–water partition coefficient (Wildman–Crippen LogP) is 3.47.